The van der Waals surface area contributed by atoms with Crippen LogP contribution in [-0.2, 0) is 0 Å². The monoisotopic (exact) mass is 329 g/mol. The number of nitrogens with one attached hydrogen (secondary N) is 1. The van der Waals surface area contributed by atoms with Gasteiger partial charge in [-0.15, -0.1) is 11.3 Å². The van der Waals surface area contributed by atoms with Gasteiger partial charge in [0.25, 0.3) is 0 Å². The van der Waals surface area contributed by atoms with Crippen molar-refractivity contribution in [2.45, 2.75) is 52.5 Å². The fraction of sp³-hybridized carbons (Fsp3) is 0.733. The molecule has 0 spiro atoms. The minimum absolute atomic E-state index is 0.560. The van der Waals surface area contributed by atoms with Crippen LogP contribution in [0.5, 0.6) is 0 Å². The van der Waals surface area contributed by atoms with Gasteiger partial charge in [0, 0.05) is 10.9 Å². The topological polar surface area (TPSA) is 12.0 Å². The van der Waals surface area contributed by atoms with Crippen molar-refractivity contribution in [1.82, 2.24) is 5.32 Å². The van der Waals surface area contributed by atoms with Crippen LogP contribution in [-0.4, -0.2) is 6.54 Å². The summed E-state index contributed by atoms with van der Waals surface area (Å²) in [6.07, 6.45) is 5.40. The van der Waals surface area contributed by atoms with Gasteiger partial charge in [0.1, 0.15) is 0 Å². The van der Waals surface area contributed by atoms with Gasteiger partial charge >= 0.3 is 0 Å². The molecule has 3 heteroatoms. The lowest BCUT2D eigenvalue weighted by Gasteiger charge is -2.28. The Kier molecular flexibility index (Phi) is 5.28. The molecule has 0 bridgehead atoms. The van der Waals surface area contributed by atoms with Crippen molar-refractivity contribution in [2.24, 2.45) is 11.8 Å². The van der Waals surface area contributed by atoms with Crippen molar-refractivity contribution in [3.8, 4) is 0 Å². The lowest BCUT2D eigenvalue weighted by molar-refractivity contribution is 0.302. The van der Waals surface area contributed by atoms with E-state index in [4.69, 9.17) is 0 Å². The van der Waals surface area contributed by atoms with Crippen LogP contribution in [0.3, 0.4) is 0 Å². The SMILES string of the molecule is CCCNC(c1cc(Br)sc1C)C1CCCC1C. The molecule has 1 nitrogen and oxygen atoms in total. The average molecular weight is 330 g/mol. The van der Waals surface area contributed by atoms with Crippen LogP contribution < -0.4 is 5.32 Å². The first-order valence-corrected chi connectivity index (χ1v) is 8.73. The number of halogens is 1. The predicted octanol–water partition coefficient (Wildman–Crippen LogP) is 5.30. The third kappa shape index (κ3) is 3.17. The first kappa shape index (κ1) is 14.5. The van der Waals surface area contributed by atoms with Gasteiger partial charge in [0.05, 0.1) is 3.79 Å². The van der Waals surface area contributed by atoms with Crippen LogP contribution in [0.1, 0.15) is 56.0 Å². The molecule has 1 aromatic heterocycles. The third-order valence-corrected chi connectivity index (χ3v) is 5.80. The summed E-state index contributed by atoms with van der Waals surface area (Å²) in [7, 11) is 0. The van der Waals surface area contributed by atoms with E-state index in [1.807, 2.05) is 11.3 Å². The number of hydrogen-bond acceptors (Lipinski definition) is 2. The second kappa shape index (κ2) is 6.53. The molecule has 0 aliphatic heterocycles. The van der Waals surface area contributed by atoms with Gasteiger partial charge in [-0.2, -0.15) is 0 Å². The number of thiophene rings is 1. The first-order valence-electron chi connectivity index (χ1n) is 7.12. The zero-order valence-corrected chi connectivity index (χ0v) is 14.0. The van der Waals surface area contributed by atoms with Crippen LogP contribution >= 0.6 is 27.3 Å². The fourth-order valence-electron chi connectivity index (χ4n) is 3.23. The van der Waals surface area contributed by atoms with E-state index < -0.39 is 0 Å². The van der Waals surface area contributed by atoms with Gasteiger partial charge < -0.3 is 5.32 Å². The Bertz CT molecular complexity index is 388. The van der Waals surface area contributed by atoms with Gasteiger partial charge in [-0.25, -0.2) is 0 Å². The summed E-state index contributed by atoms with van der Waals surface area (Å²) in [4.78, 5) is 1.47. The molecule has 3 atom stereocenters. The van der Waals surface area contributed by atoms with Gasteiger partial charge in [0.15, 0.2) is 0 Å². The molecule has 1 heterocycles. The lowest BCUT2D eigenvalue weighted by atomic mass is 9.86. The third-order valence-electron chi connectivity index (χ3n) is 4.23. The number of rotatable bonds is 5. The van der Waals surface area contributed by atoms with E-state index in [1.54, 1.807) is 0 Å². The molecule has 1 aliphatic rings. The van der Waals surface area contributed by atoms with Crippen molar-refractivity contribution in [2.75, 3.05) is 6.54 Å². The molecule has 0 saturated heterocycles. The molecule has 3 unspecified atom stereocenters. The van der Waals surface area contributed by atoms with Crippen LogP contribution in [0.15, 0.2) is 9.85 Å². The second-order valence-electron chi connectivity index (χ2n) is 5.57. The van der Waals surface area contributed by atoms with E-state index in [-0.39, 0.29) is 0 Å². The summed E-state index contributed by atoms with van der Waals surface area (Å²) >= 11 is 5.50. The highest BCUT2D eigenvalue weighted by Gasteiger charge is 2.32. The number of aryl methyl sites for hydroxylation is 1. The predicted molar refractivity (Wildman–Crippen MR) is 84.3 cm³/mol. The maximum Gasteiger partial charge on any atom is 0.0704 e. The Hall–Kier alpha value is 0.140. The Morgan fingerprint density at radius 3 is 2.78 bits per heavy atom. The van der Waals surface area contributed by atoms with Gasteiger partial charge in [-0.05, 0) is 65.7 Å². The van der Waals surface area contributed by atoms with Crippen molar-refractivity contribution < 1.29 is 0 Å². The minimum atomic E-state index is 0.560. The Labute approximate surface area is 123 Å². The molecule has 1 saturated carbocycles. The van der Waals surface area contributed by atoms with E-state index in [2.05, 4.69) is 48.1 Å². The van der Waals surface area contributed by atoms with Gasteiger partial charge in [-0.3, -0.25) is 0 Å². The molecule has 1 N–H and O–H groups in total. The maximum atomic E-state index is 3.80. The van der Waals surface area contributed by atoms with Crippen molar-refractivity contribution in [3.63, 3.8) is 0 Å². The number of hydrogen-bond donors (Lipinski definition) is 1. The smallest absolute Gasteiger partial charge is 0.0704 e. The fourth-order valence-corrected chi connectivity index (χ4v) is 4.99. The summed E-state index contributed by atoms with van der Waals surface area (Å²) in [5.74, 6) is 1.68. The summed E-state index contributed by atoms with van der Waals surface area (Å²) in [5.41, 5.74) is 1.53. The molecule has 2 rings (SSSR count). The average Bonchev–Trinajstić information content (AvgIpc) is 2.87. The van der Waals surface area contributed by atoms with Gasteiger partial charge in [0.2, 0.25) is 0 Å². The van der Waals surface area contributed by atoms with Crippen LogP contribution in [0.25, 0.3) is 0 Å². The molecule has 0 amide bonds. The minimum Gasteiger partial charge on any atom is -0.310 e. The molecule has 0 radical (unpaired) electrons. The largest absolute Gasteiger partial charge is 0.310 e. The van der Waals surface area contributed by atoms with E-state index in [9.17, 15) is 0 Å². The van der Waals surface area contributed by atoms with E-state index in [1.165, 1.54) is 39.9 Å². The lowest BCUT2D eigenvalue weighted by Crippen LogP contribution is -2.30. The molecule has 18 heavy (non-hydrogen) atoms. The van der Waals surface area contributed by atoms with Crippen molar-refractivity contribution >= 4 is 27.3 Å². The van der Waals surface area contributed by atoms with Crippen molar-refractivity contribution in [3.05, 3.63) is 20.3 Å². The van der Waals surface area contributed by atoms with E-state index in [0.29, 0.717) is 6.04 Å². The molecule has 102 valence electrons. The van der Waals surface area contributed by atoms with Crippen LogP contribution in [0, 0.1) is 18.8 Å². The standard InChI is InChI=1S/C15H24BrNS/c1-4-8-17-15(12-7-5-6-10(12)2)13-9-14(16)18-11(13)3/h9-10,12,15,17H,4-8H2,1-3H3. The van der Waals surface area contributed by atoms with E-state index >= 15 is 0 Å². The maximum absolute atomic E-state index is 3.80. The van der Waals surface area contributed by atoms with Gasteiger partial charge in [-0.1, -0.05) is 26.7 Å². The molecule has 1 aromatic rings. The highest BCUT2D eigenvalue weighted by atomic mass is 79.9. The molecule has 1 fully saturated rings. The van der Waals surface area contributed by atoms with Crippen molar-refractivity contribution in [1.29, 1.82) is 0 Å². The Morgan fingerprint density at radius 1 is 1.50 bits per heavy atom. The van der Waals surface area contributed by atoms with E-state index in [0.717, 1.165) is 18.4 Å². The second-order valence-corrected chi connectivity index (χ2v) is 8.20. The highest BCUT2D eigenvalue weighted by Crippen LogP contribution is 2.43. The Morgan fingerprint density at radius 2 is 2.28 bits per heavy atom. The highest BCUT2D eigenvalue weighted by molar-refractivity contribution is 9.11. The summed E-state index contributed by atoms with van der Waals surface area (Å²) in [6.45, 7) is 8.05. The Balaban J connectivity index is 2.21. The molecular weight excluding hydrogens is 306 g/mol. The molecule has 0 aromatic carbocycles. The van der Waals surface area contributed by atoms with Crippen LogP contribution in [0.4, 0.5) is 0 Å². The molecular formula is C15H24BrNS. The molecule has 1 aliphatic carbocycles. The summed E-state index contributed by atoms with van der Waals surface area (Å²) < 4.78 is 1.27. The summed E-state index contributed by atoms with van der Waals surface area (Å²) in [6, 6.07) is 2.89. The first-order chi connectivity index (χ1) is 8.63. The zero-order valence-electron chi connectivity index (χ0n) is 11.6. The summed E-state index contributed by atoms with van der Waals surface area (Å²) in [5, 5.41) is 3.80. The quantitative estimate of drug-likeness (QED) is 0.773. The zero-order chi connectivity index (χ0) is 13.1. The van der Waals surface area contributed by atoms with Crippen LogP contribution in [0.2, 0.25) is 0 Å². The normalized spacial score (nSPS) is 25.6.